The molecule has 124 valence electrons. The smallest absolute Gasteiger partial charge is 0.233 e. The summed E-state index contributed by atoms with van der Waals surface area (Å²) in [6, 6.07) is 3.81. The number of ether oxygens (including phenoxy) is 1. The van der Waals surface area contributed by atoms with Crippen LogP contribution in [0, 0.1) is 26.7 Å². The fourth-order valence-electron chi connectivity index (χ4n) is 2.93. The van der Waals surface area contributed by atoms with E-state index in [0.29, 0.717) is 11.8 Å². The molecule has 0 spiro atoms. The van der Waals surface area contributed by atoms with Crippen LogP contribution < -0.4 is 4.74 Å². The molecule has 23 heavy (non-hydrogen) atoms. The van der Waals surface area contributed by atoms with Gasteiger partial charge in [0.1, 0.15) is 5.76 Å². The first-order valence-electron chi connectivity index (χ1n) is 8.19. The van der Waals surface area contributed by atoms with E-state index < -0.39 is 0 Å². The van der Waals surface area contributed by atoms with Crippen molar-refractivity contribution in [2.24, 2.45) is 5.92 Å². The summed E-state index contributed by atoms with van der Waals surface area (Å²) >= 11 is 0. The molecule has 0 N–H and O–H groups in total. The number of likely N-dealkylation sites (tertiary alicyclic amines) is 1. The average Bonchev–Trinajstić information content (AvgIpc) is 2.88. The van der Waals surface area contributed by atoms with Crippen LogP contribution in [-0.4, -0.2) is 40.0 Å². The second kappa shape index (κ2) is 7.08. The normalized spacial score (nSPS) is 16.7. The fraction of sp³-hybridized carbons (Fsp3) is 0.588. The SMILES string of the molecule is Cc1ccc(OCC2CCN(Cc3c(C)noc3C)CC2)nn1. The molecule has 1 saturated heterocycles. The second-order valence-electron chi connectivity index (χ2n) is 6.35. The van der Waals surface area contributed by atoms with Gasteiger partial charge in [-0.25, -0.2) is 0 Å². The van der Waals surface area contributed by atoms with E-state index in [-0.39, 0.29) is 0 Å². The van der Waals surface area contributed by atoms with Gasteiger partial charge in [0.15, 0.2) is 0 Å². The van der Waals surface area contributed by atoms with Crippen LogP contribution in [0.3, 0.4) is 0 Å². The van der Waals surface area contributed by atoms with Gasteiger partial charge in [-0.05, 0) is 58.7 Å². The molecule has 6 nitrogen and oxygen atoms in total. The van der Waals surface area contributed by atoms with Crippen molar-refractivity contribution >= 4 is 0 Å². The summed E-state index contributed by atoms with van der Waals surface area (Å²) in [5.41, 5.74) is 3.14. The largest absolute Gasteiger partial charge is 0.476 e. The Kier molecular flexibility index (Phi) is 4.91. The van der Waals surface area contributed by atoms with E-state index in [1.807, 2.05) is 32.9 Å². The first-order chi connectivity index (χ1) is 11.1. The number of aromatic nitrogens is 3. The fourth-order valence-corrected chi connectivity index (χ4v) is 2.93. The Morgan fingerprint density at radius 2 is 1.96 bits per heavy atom. The van der Waals surface area contributed by atoms with E-state index in [2.05, 4.69) is 20.3 Å². The third-order valence-electron chi connectivity index (χ3n) is 4.51. The van der Waals surface area contributed by atoms with Gasteiger partial charge >= 0.3 is 0 Å². The van der Waals surface area contributed by atoms with Gasteiger partial charge in [-0.15, -0.1) is 5.10 Å². The molecule has 0 aromatic carbocycles. The van der Waals surface area contributed by atoms with Crippen molar-refractivity contribution in [3.8, 4) is 5.88 Å². The topological polar surface area (TPSA) is 64.3 Å². The van der Waals surface area contributed by atoms with Gasteiger partial charge in [-0.1, -0.05) is 5.16 Å². The predicted octanol–water partition coefficient (Wildman–Crippen LogP) is 2.68. The van der Waals surface area contributed by atoms with Crippen molar-refractivity contribution < 1.29 is 9.26 Å². The number of piperidine rings is 1. The molecule has 0 radical (unpaired) electrons. The lowest BCUT2D eigenvalue weighted by Gasteiger charge is -2.31. The predicted molar refractivity (Wildman–Crippen MR) is 86.2 cm³/mol. The Morgan fingerprint density at radius 3 is 2.57 bits per heavy atom. The van der Waals surface area contributed by atoms with Crippen LogP contribution in [0.2, 0.25) is 0 Å². The Morgan fingerprint density at radius 1 is 1.17 bits per heavy atom. The third kappa shape index (κ3) is 4.07. The van der Waals surface area contributed by atoms with Gasteiger partial charge in [0.2, 0.25) is 5.88 Å². The van der Waals surface area contributed by atoms with Crippen LogP contribution in [0.5, 0.6) is 5.88 Å². The summed E-state index contributed by atoms with van der Waals surface area (Å²) in [6.07, 6.45) is 2.28. The van der Waals surface area contributed by atoms with Crippen LogP contribution in [0.25, 0.3) is 0 Å². The van der Waals surface area contributed by atoms with E-state index >= 15 is 0 Å². The second-order valence-corrected chi connectivity index (χ2v) is 6.35. The molecule has 1 fully saturated rings. The first kappa shape index (κ1) is 15.9. The van der Waals surface area contributed by atoms with Crippen LogP contribution in [0.4, 0.5) is 0 Å². The zero-order valence-electron chi connectivity index (χ0n) is 14.1. The van der Waals surface area contributed by atoms with Gasteiger partial charge in [0.05, 0.1) is 18.0 Å². The molecule has 0 saturated carbocycles. The van der Waals surface area contributed by atoms with E-state index in [4.69, 9.17) is 9.26 Å². The van der Waals surface area contributed by atoms with Gasteiger partial charge < -0.3 is 9.26 Å². The highest BCUT2D eigenvalue weighted by Gasteiger charge is 2.22. The van der Waals surface area contributed by atoms with Crippen molar-refractivity contribution in [3.05, 3.63) is 34.8 Å². The summed E-state index contributed by atoms with van der Waals surface area (Å²) in [4.78, 5) is 2.47. The lowest BCUT2D eigenvalue weighted by molar-refractivity contribution is 0.133. The molecule has 2 aromatic heterocycles. The maximum atomic E-state index is 5.76. The third-order valence-corrected chi connectivity index (χ3v) is 4.51. The maximum Gasteiger partial charge on any atom is 0.233 e. The lowest BCUT2D eigenvalue weighted by Crippen LogP contribution is -2.35. The molecular weight excluding hydrogens is 292 g/mol. The molecule has 0 aliphatic carbocycles. The van der Waals surface area contributed by atoms with E-state index in [1.165, 1.54) is 5.56 Å². The number of nitrogens with zero attached hydrogens (tertiary/aromatic N) is 4. The quantitative estimate of drug-likeness (QED) is 0.845. The molecule has 3 heterocycles. The number of hydrogen-bond donors (Lipinski definition) is 0. The zero-order valence-corrected chi connectivity index (χ0v) is 14.1. The summed E-state index contributed by atoms with van der Waals surface area (Å²) in [7, 11) is 0. The summed E-state index contributed by atoms with van der Waals surface area (Å²) in [6.45, 7) is 9.73. The van der Waals surface area contributed by atoms with Gasteiger partial charge in [0.25, 0.3) is 0 Å². The molecule has 0 amide bonds. The van der Waals surface area contributed by atoms with Gasteiger partial charge in [0, 0.05) is 18.2 Å². The number of hydrogen-bond acceptors (Lipinski definition) is 6. The van der Waals surface area contributed by atoms with E-state index in [9.17, 15) is 0 Å². The molecule has 3 rings (SSSR count). The molecule has 0 atom stereocenters. The highest BCUT2D eigenvalue weighted by atomic mass is 16.5. The average molecular weight is 316 g/mol. The zero-order chi connectivity index (χ0) is 16.2. The summed E-state index contributed by atoms with van der Waals surface area (Å²) in [5, 5.41) is 12.1. The van der Waals surface area contributed by atoms with Crippen molar-refractivity contribution in [2.45, 2.75) is 40.2 Å². The number of rotatable bonds is 5. The number of aryl methyl sites for hydroxylation is 3. The van der Waals surface area contributed by atoms with Crippen molar-refractivity contribution in [2.75, 3.05) is 19.7 Å². The van der Waals surface area contributed by atoms with Gasteiger partial charge in [-0.2, -0.15) is 5.10 Å². The van der Waals surface area contributed by atoms with Crippen LogP contribution >= 0.6 is 0 Å². The van der Waals surface area contributed by atoms with Crippen LogP contribution in [0.1, 0.15) is 35.6 Å². The minimum Gasteiger partial charge on any atom is -0.476 e. The Hall–Kier alpha value is -1.95. The van der Waals surface area contributed by atoms with Crippen molar-refractivity contribution in [1.82, 2.24) is 20.3 Å². The minimum atomic E-state index is 0.582. The van der Waals surface area contributed by atoms with Crippen molar-refractivity contribution in [1.29, 1.82) is 0 Å². The van der Waals surface area contributed by atoms with E-state index in [0.717, 1.165) is 56.2 Å². The Labute approximate surface area is 136 Å². The Bertz CT molecular complexity index is 611. The molecular formula is C17H24N4O2. The molecule has 2 aromatic rings. The molecule has 0 unspecified atom stereocenters. The van der Waals surface area contributed by atoms with Crippen LogP contribution in [0.15, 0.2) is 16.7 Å². The highest BCUT2D eigenvalue weighted by molar-refractivity contribution is 5.20. The van der Waals surface area contributed by atoms with Gasteiger partial charge in [-0.3, -0.25) is 4.90 Å². The lowest BCUT2D eigenvalue weighted by atomic mass is 9.97. The molecule has 1 aliphatic heterocycles. The van der Waals surface area contributed by atoms with E-state index in [1.54, 1.807) is 0 Å². The summed E-state index contributed by atoms with van der Waals surface area (Å²) < 4.78 is 11.0. The van der Waals surface area contributed by atoms with Crippen molar-refractivity contribution in [3.63, 3.8) is 0 Å². The van der Waals surface area contributed by atoms with Crippen LogP contribution in [-0.2, 0) is 6.54 Å². The molecule has 6 heteroatoms. The first-order valence-corrected chi connectivity index (χ1v) is 8.19. The molecule has 0 bridgehead atoms. The maximum absolute atomic E-state index is 5.76. The summed E-state index contributed by atoms with van der Waals surface area (Å²) in [5.74, 6) is 2.14. The Balaban J connectivity index is 1.44. The minimum absolute atomic E-state index is 0.582. The molecule has 1 aliphatic rings. The standard InChI is InChI=1S/C17H24N4O2/c1-12-4-5-17(19-18-12)22-11-15-6-8-21(9-7-15)10-16-13(2)20-23-14(16)3/h4-5,15H,6-11H2,1-3H3. The highest BCUT2D eigenvalue weighted by Crippen LogP contribution is 2.22. The monoisotopic (exact) mass is 316 g/mol.